The van der Waals surface area contributed by atoms with Gasteiger partial charge in [0.25, 0.3) is 0 Å². The van der Waals surface area contributed by atoms with Gasteiger partial charge in [0.2, 0.25) is 0 Å². The van der Waals surface area contributed by atoms with Gasteiger partial charge < -0.3 is 0 Å². The summed E-state index contributed by atoms with van der Waals surface area (Å²) in [5, 5.41) is 5.57. The number of hydrogen-bond donors (Lipinski definition) is 0. The molecule has 1 aliphatic carbocycles. The van der Waals surface area contributed by atoms with E-state index in [1.807, 2.05) is 36.0 Å². The summed E-state index contributed by atoms with van der Waals surface area (Å²) in [5.41, 5.74) is 1.95. The van der Waals surface area contributed by atoms with Gasteiger partial charge in [-0.05, 0) is 18.9 Å². The van der Waals surface area contributed by atoms with Crippen molar-refractivity contribution in [2.45, 2.75) is 26.2 Å². The topological polar surface area (TPSA) is 34.9 Å². The fourth-order valence-electron chi connectivity index (χ4n) is 2.25. The summed E-state index contributed by atoms with van der Waals surface area (Å²) < 4.78 is 1.85. The van der Waals surface area contributed by atoms with E-state index in [4.69, 9.17) is 0 Å². The Bertz CT molecular complexity index is 593. The summed E-state index contributed by atoms with van der Waals surface area (Å²) in [4.78, 5) is 12.1. The molecule has 0 aliphatic heterocycles. The molecule has 0 unspecified atom stereocenters. The van der Waals surface area contributed by atoms with Gasteiger partial charge in [-0.15, -0.1) is 0 Å². The molecular weight excluding hydrogens is 212 g/mol. The molecule has 1 saturated carbocycles. The van der Waals surface area contributed by atoms with E-state index in [9.17, 15) is 4.79 Å². The number of Topliss-reactive ketones (excluding diaryl/α,β-unsaturated/α-hetero) is 1. The summed E-state index contributed by atoms with van der Waals surface area (Å²) in [6.07, 6.45) is 2.55. The zero-order chi connectivity index (χ0) is 12.0. The van der Waals surface area contributed by atoms with E-state index in [0.29, 0.717) is 12.2 Å². The molecule has 3 rings (SSSR count). The van der Waals surface area contributed by atoms with E-state index in [2.05, 4.69) is 12.0 Å². The molecule has 1 heterocycles. The number of ketones is 1. The number of rotatable bonds is 3. The highest BCUT2D eigenvalue weighted by Crippen LogP contribution is 2.46. The zero-order valence-corrected chi connectivity index (χ0v) is 10.2. The highest BCUT2D eigenvalue weighted by molar-refractivity contribution is 5.92. The van der Waals surface area contributed by atoms with Gasteiger partial charge in [0.15, 0.2) is 0 Å². The first-order valence-corrected chi connectivity index (χ1v) is 6.04. The third-order valence-corrected chi connectivity index (χ3v) is 3.84. The van der Waals surface area contributed by atoms with Crippen molar-refractivity contribution < 1.29 is 4.79 Å². The lowest BCUT2D eigenvalue weighted by Gasteiger charge is -2.04. The van der Waals surface area contributed by atoms with Crippen LogP contribution in [0.3, 0.4) is 0 Å². The number of carbonyl (C=O) groups is 1. The molecule has 1 aliphatic rings. The molecule has 17 heavy (non-hydrogen) atoms. The maximum Gasteiger partial charge on any atom is 0.144 e. The Hall–Kier alpha value is -1.64. The summed E-state index contributed by atoms with van der Waals surface area (Å²) in [6.45, 7) is 2.06. The first-order valence-electron chi connectivity index (χ1n) is 6.04. The normalized spacial score (nSPS) is 17.3. The molecule has 88 valence electrons. The molecule has 1 fully saturated rings. The molecule has 0 amide bonds. The molecule has 3 nitrogen and oxygen atoms in total. The molecule has 0 N–H and O–H groups in total. The van der Waals surface area contributed by atoms with Crippen LogP contribution in [-0.4, -0.2) is 15.6 Å². The number of aromatic nitrogens is 2. The molecule has 1 aromatic heterocycles. The van der Waals surface area contributed by atoms with Gasteiger partial charge in [-0.25, -0.2) is 0 Å². The molecule has 0 radical (unpaired) electrons. The Kier molecular flexibility index (Phi) is 2.12. The van der Waals surface area contributed by atoms with E-state index in [0.717, 1.165) is 29.4 Å². The monoisotopic (exact) mass is 228 g/mol. The van der Waals surface area contributed by atoms with Crippen LogP contribution in [0.15, 0.2) is 24.3 Å². The minimum atomic E-state index is -0.0569. The fraction of sp³-hybridized carbons (Fsp3) is 0.429. The van der Waals surface area contributed by atoms with Gasteiger partial charge in [0.1, 0.15) is 5.78 Å². The Labute approximate surface area is 100 Å². The standard InChI is InChI=1S/C14H16N2O/c1-14(7-8-14)13(17)9-11-10-5-3-4-6-12(10)16(2)15-11/h3-6H,7-9H2,1-2H3. The van der Waals surface area contributed by atoms with Crippen molar-refractivity contribution in [2.75, 3.05) is 0 Å². The Balaban J connectivity index is 1.98. The van der Waals surface area contributed by atoms with Crippen molar-refractivity contribution in [1.82, 2.24) is 9.78 Å². The van der Waals surface area contributed by atoms with Crippen LogP contribution in [0, 0.1) is 5.41 Å². The van der Waals surface area contributed by atoms with Crippen LogP contribution in [0.25, 0.3) is 10.9 Å². The second-order valence-electron chi connectivity index (χ2n) is 5.25. The van der Waals surface area contributed by atoms with Crippen molar-refractivity contribution in [2.24, 2.45) is 12.5 Å². The second kappa shape index (κ2) is 3.42. The number of fused-ring (bicyclic) bond motifs is 1. The van der Waals surface area contributed by atoms with Gasteiger partial charge >= 0.3 is 0 Å². The molecule has 0 saturated heterocycles. The van der Waals surface area contributed by atoms with E-state index in [1.54, 1.807) is 0 Å². The van der Waals surface area contributed by atoms with Gasteiger partial charge in [0.05, 0.1) is 17.6 Å². The molecule has 0 atom stereocenters. The van der Waals surface area contributed by atoms with Crippen LogP contribution in [0.5, 0.6) is 0 Å². The van der Waals surface area contributed by atoms with E-state index in [1.165, 1.54) is 0 Å². The Morgan fingerprint density at radius 1 is 1.41 bits per heavy atom. The largest absolute Gasteiger partial charge is 0.299 e. The van der Waals surface area contributed by atoms with Crippen molar-refractivity contribution in [3.05, 3.63) is 30.0 Å². The quantitative estimate of drug-likeness (QED) is 0.809. The molecule has 0 spiro atoms. The van der Waals surface area contributed by atoms with Crippen molar-refractivity contribution in [1.29, 1.82) is 0 Å². The SMILES string of the molecule is Cn1nc(CC(=O)C2(C)CC2)c2ccccc21. The van der Waals surface area contributed by atoms with Gasteiger partial charge in [-0.2, -0.15) is 5.10 Å². The molecule has 1 aromatic carbocycles. The Morgan fingerprint density at radius 2 is 2.12 bits per heavy atom. The lowest BCUT2D eigenvalue weighted by Crippen LogP contribution is -2.15. The number of nitrogens with zero attached hydrogens (tertiary/aromatic N) is 2. The summed E-state index contributed by atoms with van der Waals surface area (Å²) in [5.74, 6) is 0.335. The van der Waals surface area contributed by atoms with Crippen LogP contribution in [0.2, 0.25) is 0 Å². The van der Waals surface area contributed by atoms with Crippen LogP contribution >= 0.6 is 0 Å². The molecular formula is C14H16N2O. The number of para-hydroxylation sites is 1. The third-order valence-electron chi connectivity index (χ3n) is 3.84. The molecule has 0 bridgehead atoms. The lowest BCUT2D eigenvalue weighted by molar-refractivity contribution is -0.122. The predicted molar refractivity (Wildman–Crippen MR) is 66.8 cm³/mol. The minimum Gasteiger partial charge on any atom is -0.299 e. The second-order valence-corrected chi connectivity index (χ2v) is 5.25. The summed E-state index contributed by atoms with van der Waals surface area (Å²) in [6, 6.07) is 8.07. The van der Waals surface area contributed by atoms with Crippen LogP contribution in [0.4, 0.5) is 0 Å². The number of aryl methyl sites for hydroxylation is 1. The highest BCUT2D eigenvalue weighted by Gasteiger charge is 2.44. The zero-order valence-electron chi connectivity index (χ0n) is 10.2. The Morgan fingerprint density at radius 3 is 2.82 bits per heavy atom. The molecule has 2 aromatic rings. The van der Waals surface area contributed by atoms with Crippen molar-refractivity contribution >= 4 is 16.7 Å². The first-order chi connectivity index (χ1) is 8.10. The molecule has 3 heteroatoms. The third kappa shape index (κ3) is 1.66. The predicted octanol–water partition coefficient (Wildman–Crippen LogP) is 2.49. The maximum atomic E-state index is 12.1. The van der Waals surface area contributed by atoms with Gasteiger partial charge in [-0.3, -0.25) is 9.48 Å². The van der Waals surface area contributed by atoms with E-state index >= 15 is 0 Å². The minimum absolute atomic E-state index is 0.0569. The van der Waals surface area contributed by atoms with E-state index in [-0.39, 0.29) is 5.41 Å². The van der Waals surface area contributed by atoms with Crippen LogP contribution in [0.1, 0.15) is 25.5 Å². The van der Waals surface area contributed by atoms with Crippen LogP contribution < -0.4 is 0 Å². The van der Waals surface area contributed by atoms with Gasteiger partial charge in [-0.1, -0.05) is 25.1 Å². The van der Waals surface area contributed by atoms with Crippen LogP contribution in [-0.2, 0) is 18.3 Å². The number of hydrogen-bond acceptors (Lipinski definition) is 2. The fourth-order valence-corrected chi connectivity index (χ4v) is 2.25. The van der Waals surface area contributed by atoms with Crippen molar-refractivity contribution in [3.8, 4) is 0 Å². The summed E-state index contributed by atoms with van der Waals surface area (Å²) in [7, 11) is 1.93. The number of carbonyl (C=O) groups excluding carboxylic acids is 1. The summed E-state index contributed by atoms with van der Waals surface area (Å²) >= 11 is 0. The average molecular weight is 228 g/mol. The van der Waals surface area contributed by atoms with Gasteiger partial charge in [0, 0.05) is 17.8 Å². The van der Waals surface area contributed by atoms with E-state index < -0.39 is 0 Å². The first kappa shape index (κ1) is 10.5. The maximum absolute atomic E-state index is 12.1. The number of benzene rings is 1. The van der Waals surface area contributed by atoms with Crippen molar-refractivity contribution in [3.63, 3.8) is 0 Å². The smallest absolute Gasteiger partial charge is 0.144 e. The highest BCUT2D eigenvalue weighted by atomic mass is 16.1. The lowest BCUT2D eigenvalue weighted by atomic mass is 9.98. The average Bonchev–Trinajstić information content (AvgIpc) is 3.00.